The first-order valence-electron chi connectivity index (χ1n) is 6.69. The number of ether oxygens (including phenoxy) is 1. The van der Waals surface area contributed by atoms with Crippen molar-refractivity contribution in [1.82, 2.24) is 9.97 Å². The molecule has 0 amide bonds. The number of hydrogen-bond acceptors (Lipinski definition) is 4. The summed E-state index contributed by atoms with van der Waals surface area (Å²) in [7, 11) is 1.68. The zero-order valence-corrected chi connectivity index (χ0v) is 12.5. The van der Waals surface area contributed by atoms with Gasteiger partial charge >= 0.3 is 0 Å². The van der Waals surface area contributed by atoms with Crippen LogP contribution < -0.4 is 10.5 Å². The third-order valence-corrected chi connectivity index (χ3v) is 3.64. The highest BCUT2D eigenvalue weighted by atomic mass is 16.5. The Bertz CT molecular complexity index is 611. The molecular weight excluding hydrogens is 250 g/mol. The van der Waals surface area contributed by atoms with Gasteiger partial charge in [0, 0.05) is 47.9 Å². The molecule has 2 rings (SSSR count). The van der Waals surface area contributed by atoms with E-state index in [0.29, 0.717) is 6.42 Å². The predicted molar refractivity (Wildman–Crippen MR) is 79.9 cm³/mol. The fraction of sp³-hybridized carbons (Fsp3) is 0.375. The zero-order valence-electron chi connectivity index (χ0n) is 12.5. The average Bonchev–Trinajstić information content (AvgIpc) is 2.43. The highest BCUT2D eigenvalue weighted by Crippen LogP contribution is 2.27. The number of rotatable bonds is 4. The summed E-state index contributed by atoms with van der Waals surface area (Å²) in [6.45, 7) is 6.07. The maximum atomic E-state index is 6.31. The summed E-state index contributed by atoms with van der Waals surface area (Å²) in [5.41, 5.74) is 11.6. The molecular formula is C16H21N3O. The Morgan fingerprint density at radius 1 is 1.20 bits per heavy atom. The van der Waals surface area contributed by atoms with Crippen molar-refractivity contribution in [1.29, 1.82) is 0 Å². The minimum absolute atomic E-state index is 0.109. The van der Waals surface area contributed by atoms with Gasteiger partial charge in [0.05, 0.1) is 7.11 Å². The van der Waals surface area contributed by atoms with Gasteiger partial charge in [-0.25, -0.2) is 0 Å². The Morgan fingerprint density at radius 2 is 1.95 bits per heavy atom. The third-order valence-electron chi connectivity index (χ3n) is 3.64. The van der Waals surface area contributed by atoms with Gasteiger partial charge in [-0.05, 0) is 38.0 Å². The SMILES string of the molecule is COc1c(C)cnc(CC(N)c2cnccc2C)c1C. The summed E-state index contributed by atoms with van der Waals surface area (Å²) in [6.07, 6.45) is 6.13. The fourth-order valence-corrected chi connectivity index (χ4v) is 2.46. The second-order valence-electron chi connectivity index (χ2n) is 5.09. The van der Waals surface area contributed by atoms with Crippen molar-refractivity contribution in [2.24, 2.45) is 5.73 Å². The Kier molecular flexibility index (Phi) is 4.35. The van der Waals surface area contributed by atoms with E-state index in [1.54, 1.807) is 13.3 Å². The van der Waals surface area contributed by atoms with E-state index in [2.05, 4.69) is 9.97 Å². The summed E-state index contributed by atoms with van der Waals surface area (Å²) < 4.78 is 5.43. The van der Waals surface area contributed by atoms with Crippen LogP contribution in [0.15, 0.2) is 24.7 Å². The molecule has 0 saturated heterocycles. The van der Waals surface area contributed by atoms with Crippen LogP contribution in [0.3, 0.4) is 0 Å². The average molecular weight is 271 g/mol. The molecule has 0 fully saturated rings. The molecule has 0 spiro atoms. The lowest BCUT2D eigenvalue weighted by Gasteiger charge is -2.17. The first-order valence-corrected chi connectivity index (χ1v) is 6.69. The van der Waals surface area contributed by atoms with Crippen LogP contribution >= 0.6 is 0 Å². The van der Waals surface area contributed by atoms with Crippen molar-refractivity contribution in [2.75, 3.05) is 7.11 Å². The van der Waals surface area contributed by atoms with E-state index >= 15 is 0 Å². The number of nitrogens with two attached hydrogens (primary N) is 1. The van der Waals surface area contributed by atoms with Crippen molar-refractivity contribution in [3.8, 4) is 5.75 Å². The smallest absolute Gasteiger partial charge is 0.128 e. The first-order chi connectivity index (χ1) is 9.54. The largest absolute Gasteiger partial charge is 0.496 e. The molecule has 4 nitrogen and oxygen atoms in total. The van der Waals surface area contributed by atoms with Crippen molar-refractivity contribution < 1.29 is 4.74 Å². The lowest BCUT2D eigenvalue weighted by molar-refractivity contribution is 0.406. The molecule has 2 aromatic rings. The van der Waals surface area contributed by atoms with Gasteiger partial charge in [0.1, 0.15) is 5.75 Å². The zero-order chi connectivity index (χ0) is 14.7. The van der Waals surface area contributed by atoms with E-state index in [0.717, 1.165) is 33.7 Å². The van der Waals surface area contributed by atoms with Gasteiger partial charge in [-0.2, -0.15) is 0 Å². The molecule has 1 atom stereocenters. The number of nitrogens with zero attached hydrogens (tertiary/aromatic N) is 2. The Balaban J connectivity index is 2.29. The summed E-state index contributed by atoms with van der Waals surface area (Å²) in [4.78, 5) is 8.65. The van der Waals surface area contributed by atoms with E-state index < -0.39 is 0 Å². The standard InChI is InChI=1S/C16H21N3O/c1-10-5-6-18-9-13(10)14(17)7-15-12(3)16(20-4)11(2)8-19-15/h5-6,8-9,14H,7,17H2,1-4H3. The van der Waals surface area contributed by atoms with Crippen LogP contribution in [0.2, 0.25) is 0 Å². The molecule has 1 unspecified atom stereocenters. The second kappa shape index (κ2) is 6.01. The molecule has 2 N–H and O–H groups in total. The van der Waals surface area contributed by atoms with Crippen LogP contribution in [0.4, 0.5) is 0 Å². The number of hydrogen-bond donors (Lipinski definition) is 1. The summed E-state index contributed by atoms with van der Waals surface area (Å²) >= 11 is 0. The van der Waals surface area contributed by atoms with Gasteiger partial charge in [0.15, 0.2) is 0 Å². The van der Waals surface area contributed by atoms with Crippen molar-refractivity contribution in [3.05, 3.63) is 52.6 Å². The minimum Gasteiger partial charge on any atom is -0.496 e. The second-order valence-corrected chi connectivity index (χ2v) is 5.09. The summed E-state index contributed by atoms with van der Waals surface area (Å²) in [5, 5.41) is 0. The summed E-state index contributed by atoms with van der Waals surface area (Å²) in [5.74, 6) is 0.894. The van der Waals surface area contributed by atoms with Crippen LogP contribution in [-0.2, 0) is 6.42 Å². The number of aromatic nitrogens is 2. The van der Waals surface area contributed by atoms with Crippen LogP contribution in [0.5, 0.6) is 5.75 Å². The van der Waals surface area contributed by atoms with Crippen molar-refractivity contribution >= 4 is 0 Å². The number of pyridine rings is 2. The van der Waals surface area contributed by atoms with Crippen LogP contribution in [0.1, 0.15) is 34.0 Å². The Hall–Kier alpha value is -1.94. The Morgan fingerprint density at radius 3 is 2.60 bits per heavy atom. The number of aryl methyl sites for hydroxylation is 2. The molecule has 0 aliphatic carbocycles. The molecule has 0 aromatic carbocycles. The molecule has 4 heteroatoms. The molecule has 2 aromatic heterocycles. The maximum Gasteiger partial charge on any atom is 0.128 e. The molecule has 106 valence electrons. The molecule has 0 radical (unpaired) electrons. The van der Waals surface area contributed by atoms with Crippen LogP contribution in [0.25, 0.3) is 0 Å². The van der Waals surface area contributed by atoms with Crippen molar-refractivity contribution in [3.63, 3.8) is 0 Å². The normalized spacial score (nSPS) is 12.2. The third kappa shape index (κ3) is 2.80. The van der Waals surface area contributed by atoms with E-state index in [4.69, 9.17) is 10.5 Å². The molecule has 20 heavy (non-hydrogen) atoms. The van der Waals surface area contributed by atoms with E-state index in [1.807, 2.05) is 39.2 Å². The van der Waals surface area contributed by atoms with Gasteiger partial charge in [0.2, 0.25) is 0 Å². The van der Waals surface area contributed by atoms with Gasteiger partial charge in [-0.1, -0.05) is 0 Å². The molecule has 0 aliphatic rings. The van der Waals surface area contributed by atoms with Gasteiger partial charge in [0.25, 0.3) is 0 Å². The maximum absolute atomic E-state index is 6.31. The molecule has 0 saturated carbocycles. The molecule has 0 bridgehead atoms. The molecule has 2 heterocycles. The van der Waals surface area contributed by atoms with Gasteiger partial charge in [-0.15, -0.1) is 0 Å². The summed E-state index contributed by atoms with van der Waals surface area (Å²) in [6, 6.07) is 1.87. The highest BCUT2D eigenvalue weighted by molar-refractivity contribution is 5.41. The lowest BCUT2D eigenvalue weighted by Crippen LogP contribution is -2.16. The monoisotopic (exact) mass is 271 g/mol. The van der Waals surface area contributed by atoms with Gasteiger partial charge < -0.3 is 10.5 Å². The highest BCUT2D eigenvalue weighted by Gasteiger charge is 2.15. The van der Waals surface area contributed by atoms with Crippen LogP contribution in [-0.4, -0.2) is 17.1 Å². The molecule has 0 aliphatic heterocycles. The van der Waals surface area contributed by atoms with Gasteiger partial charge in [-0.3, -0.25) is 9.97 Å². The quantitative estimate of drug-likeness (QED) is 0.928. The topological polar surface area (TPSA) is 61.0 Å². The van der Waals surface area contributed by atoms with E-state index in [9.17, 15) is 0 Å². The number of methoxy groups -OCH3 is 1. The Labute approximate surface area is 120 Å². The van der Waals surface area contributed by atoms with Crippen LogP contribution in [0, 0.1) is 20.8 Å². The minimum atomic E-state index is -0.109. The fourth-order valence-electron chi connectivity index (χ4n) is 2.46. The predicted octanol–water partition coefficient (Wildman–Crippen LogP) is 2.65. The first kappa shape index (κ1) is 14.5. The van der Waals surface area contributed by atoms with E-state index in [-0.39, 0.29) is 6.04 Å². The van der Waals surface area contributed by atoms with Crippen molar-refractivity contribution in [2.45, 2.75) is 33.2 Å². The van der Waals surface area contributed by atoms with E-state index in [1.165, 1.54) is 0 Å². The lowest BCUT2D eigenvalue weighted by atomic mass is 9.98.